The second kappa shape index (κ2) is 7.12. The lowest BCUT2D eigenvalue weighted by Gasteiger charge is -2.24. The first-order chi connectivity index (χ1) is 12.2. The van der Waals surface area contributed by atoms with E-state index >= 15 is 0 Å². The van der Waals surface area contributed by atoms with E-state index in [2.05, 4.69) is 16.0 Å². The van der Waals surface area contributed by atoms with Crippen LogP contribution in [-0.4, -0.2) is 70.3 Å². The maximum atomic E-state index is 12.9. The molecule has 0 spiro atoms. The molecular formula is C19H26N4O2. The van der Waals surface area contributed by atoms with Gasteiger partial charge in [0.2, 0.25) is 11.8 Å². The van der Waals surface area contributed by atoms with E-state index in [1.807, 2.05) is 22.1 Å². The van der Waals surface area contributed by atoms with Crippen molar-refractivity contribution in [2.75, 3.05) is 32.7 Å². The number of amides is 2. The molecule has 0 unspecified atom stereocenters. The third-order valence-corrected chi connectivity index (χ3v) is 5.52. The summed E-state index contributed by atoms with van der Waals surface area (Å²) in [6.45, 7) is 4.96. The quantitative estimate of drug-likeness (QED) is 0.823. The summed E-state index contributed by atoms with van der Waals surface area (Å²) in [4.78, 5) is 35.5. The van der Waals surface area contributed by atoms with E-state index in [-0.39, 0.29) is 17.7 Å². The maximum Gasteiger partial charge on any atom is 0.228 e. The first kappa shape index (κ1) is 16.5. The van der Waals surface area contributed by atoms with Crippen LogP contribution in [0.2, 0.25) is 0 Å². The number of rotatable bonds is 4. The van der Waals surface area contributed by atoms with Gasteiger partial charge in [0.15, 0.2) is 0 Å². The Morgan fingerprint density at radius 2 is 2.08 bits per heavy atom. The minimum absolute atomic E-state index is 0.127. The monoisotopic (exact) mass is 342 g/mol. The Morgan fingerprint density at radius 1 is 1.20 bits per heavy atom. The smallest absolute Gasteiger partial charge is 0.228 e. The second-order valence-electron chi connectivity index (χ2n) is 7.49. The fourth-order valence-corrected chi connectivity index (χ4v) is 3.99. The van der Waals surface area contributed by atoms with E-state index < -0.39 is 0 Å². The summed E-state index contributed by atoms with van der Waals surface area (Å²) in [6, 6.07) is 4.48. The van der Waals surface area contributed by atoms with Gasteiger partial charge >= 0.3 is 0 Å². The Kier molecular flexibility index (Phi) is 4.70. The number of hydrogen-bond donors (Lipinski definition) is 0. The molecule has 0 bridgehead atoms. The third-order valence-electron chi connectivity index (χ3n) is 5.52. The molecule has 0 N–H and O–H groups in total. The molecule has 25 heavy (non-hydrogen) atoms. The van der Waals surface area contributed by atoms with Gasteiger partial charge in [0.05, 0.1) is 5.92 Å². The molecule has 6 nitrogen and oxygen atoms in total. The molecule has 4 rings (SSSR count). The fraction of sp³-hybridized carbons (Fsp3) is 0.632. The summed E-state index contributed by atoms with van der Waals surface area (Å²) in [6.07, 6.45) is 7.31. The first-order valence-corrected chi connectivity index (χ1v) is 9.40. The van der Waals surface area contributed by atoms with Crippen LogP contribution in [0.5, 0.6) is 0 Å². The number of pyridine rings is 1. The number of nitrogens with zero attached hydrogens (tertiary/aromatic N) is 4. The molecule has 1 aromatic heterocycles. The lowest BCUT2D eigenvalue weighted by Crippen LogP contribution is -2.40. The van der Waals surface area contributed by atoms with Crippen molar-refractivity contribution in [3.05, 3.63) is 30.1 Å². The van der Waals surface area contributed by atoms with E-state index in [1.54, 1.807) is 6.20 Å². The van der Waals surface area contributed by atoms with Crippen LogP contribution in [0.3, 0.4) is 0 Å². The predicted octanol–water partition coefficient (Wildman–Crippen LogP) is 1.13. The second-order valence-corrected chi connectivity index (χ2v) is 7.49. The van der Waals surface area contributed by atoms with Crippen LogP contribution < -0.4 is 0 Å². The third kappa shape index (κ3) is 3.84. The summed E-state index contributed by atoms with van der Waals surface area (Å²) in [5.74, 6) is 0.228. The normalized spacial score (nSPS) is 25.3. The molecule has 3 heterocycles. The lowest BCUT2D eigenvalue weighted by atomic mass is 10.1. The van der Waals surface area contributed by atoms with E-state index in [4.69, 9.17) is 0 Å². The molecule has 1 aliphatic carbocycles. The Labute approximate surface area is 148 Å². The minimum Gasteiger partial charge on any atom is -0.341 e. The van der Waals surface area contributed by atoms with Crippen LogP contribution in [0.1, 0.15) is 31.2 Å². The average Bonchev–Trinajstić information content (AvgIpc) is 3.42. The predicted molar refractivity (Wildman–Crippen MR) is 93.6 cm³/mol. The summed E-state index contributed by atoms with van der Waals surface area (Å²) in [5, 5.41) is 0. The van der Waals surface area contributed by atoms with Gasteiger partial charge in [-0.3, -0.25) is 19.5 Å². The van der Waals surface area contributed by atoms with Gasteiger partial charge in [0.25, 0.3) is 0 Å². The van der Waals surface area contributed by atoms with Crippen molar-refractivity contribution in [1.29, 1.82) is 0 Å². The molecule has 2 amide bonds. The largest absolute Gasteiger partial charge is 0.341 e. The first-order valence-electron chi connectivity index (χ1n) is 9.40. The summed E-state index contributed by atoms with van der Waals surface area (Å²) in [7, 11) is 0. The molecule has 134 valence electrons. The molecule has 3 fully saturated rings. The van der Waals surface area contributed by atoms with Crippen molar-refractivity contribution in [3.8, 4) is 0 Å². The van der Waals surface area contributed by atoms with Crippen LogP contribution in [-0.2, 0) is 16.1 Å². The highest BCUT2D eigenvalue weighted by Crippen LogP contribution is 2.33. The van der Waals surface area contributed by atoms with E-state index in [9.17, 15) is 9.59 Å². The SMILES string of the molecule is O=C([C@H]1CC(=O)N(C2CC2)C1)N1CCCN(Cc2cccnc2)CC1. The number of hydrogen-bond acceptors (Lipinski definition) is 4. The van der Waals surface area contributed by atoms with Crippen LogP contribution >= 0.6 is 0 Å². The molecule has 0 radical (unpaired) electrons. The molecule has 2 saturated heterocycles. The number of carbonyl (C=O) groups is 2. The highest BCUT2D eigenvalue weighted by Gasteiger charge is 2.42. The lowest BCUT2D eigenvalue weighted by molar-refractivity contribution is -0.135. The van der Waals surface area contributed by atoms with Gasteiger partial charge in [0, 0.05) is 64.1 Å². The zero-order chi connectivity index (χ0) is 17.2. The van der Waals surface area contributed by atoms with Gasteiger partial charge in [-0.2, -0.15) is 0 Å². The van der Waals surface area contributed by atoms with E-state index in [0.717, 1.165) is 52.0 Å². The summed E-state index contributed by atoms with van der Waals surface area (Å²) < 4.78 is 0. The van der Waals surface area contributed by atoms with Crippen LogP contribution in [0.25, 0.3) is 0 Å². The van der Waals surface area contributed by atoms with Crippen molar-refractivity contribution >= 4 is 11.8 Å². The van der Waals surface area contributed by atoms with Crippen molar-refractivity contribution in [1.82, 2.24) is 19.7 Å². The van der Waals surface area contributed by atoms with Gasteiger partial charge in [-0.15, -0.1) is 0 Å². The van der Waals surface area contributed by atoms with Crippen LogP contribution in [0.4, 0.5) is 0 Å². The van der Waals surface area contributed by atoms with Gasteiger partial charge < -0.3 is 9.80 Å². The van der Waals surface area contributed by atoms with Crippen LogP contribution in [0, 0.1) is 5.92 Å². The van der Waals surface area contributed by atoms with Gasteiger partial charge in [-0.05, 0) is 30.9 Å². The molecule has 1 atom stereocenters. The highest BCUT2D eigenvalue weighted by atomic mass is 16.2. The van der Waals surface area contributed by atoms with Crippen molar-refractivity contribution in [3.63, 3.8) is 0 Å². The van der Waals surface area contributed by atoms with Gasteiger partial charge in [-0.25, -0.2) is 0 Å². The van der Waals surface area contributed by atoms with Gasteiger partial charge in [-0.1, -0.05) is 6.07 Å². The Hall–Kier alpha value is -1.95. The molecule has 1 saturated carbocycles. The van der Waals surface area contributed by atoms with E-state index in [1.165, 1.54) is 5.56 Å². The number of carbonyl (C=O) groups excluding carboxylic acids is 2. The van der Waals surface area contributed by atoms with Crippen molar-refractivity contribution < 1.29 is 9.59 Å². The Morgan fingerprint density at radius 3 is 2.84 bits per heavy atom. The number of aromatic nitrogens is 1. The molecule has 6 heteroatoms. The molecule has 2 aliphatic heterocycles. The zero-order valence-corrected chi connectivity index (χ0v) is 14.6. The maximum absolute atomic E-state index is 12.9. The van der Waals surface area contributed by atoms with Crippen LogP contribution in [0.15, 0.2) is 24.5 Å². The molecule has 0 aromatic carbocycles. The highest BCUT2D eigenvalue weighted by molar-refractivity contribution is 5.89. The molecule has 3 aliphatic rings. The van der Waals surface area contributed by atoms with Crippen molar-refractivity contribution in [2.24, 2.45) is 5.92 Å². The fourth-order valence-electron chi connectivity index (χ4n) is 3.99. The Balaban J connectivity index is 1.31. The minimum atomic E-state index is -0.127. The standard InChI is InChI=1S/C19H26N4O2/c24-18-11-16(14-23(18)17-4-5-17)19(25)22-8-2-7-21(9-10-22)13-15-3-1-6-20-12-15/h1,3,6,12,16-17H,2,4-5,7-11,13-14H2/t16-/m0/s1. The Bertz CT molecular complexity index is 632. The molecular weight excluding hydrogens is 316 g/mol. The summed E-state index contributed by atoms with van der Waals surface area (Å²) >= 11 is 0. The average molecular weight is 342 g/mol. The van der Waals surface area contributed by atoms with Gasteiger partial charge in [0.1, 0.15) is 0 Å². The van der Waals surface area contributed by atoms with E-state index in [0.29, 0.717) is 19.0 Å². The molecule has 1 aromatic rings. The number of likely N-dealkylation sites (tertiary alicyclic amines) is 1. The summed E-state index contributed by atoms with van der Waals surface area (Å²) in [5.41, 5.74) is 1.21. The topological polar surface area (TPSA) is 56.8 Å². The zero-order valence-electron chi connectivity index (χ0n) is 14.6. The van der Waals surface area contributed by atoms with Crippen molar-refractivity contribution in [2.45, 2.75) is 38.3 Å².